The molecule has 4 nitrogen and oxygen atoms in total. The van der Waals surface area contributed by atoms with Gasteiger partial charge in [0.1, 0.15) is 35.5 Å². The number of Topliss-reactive ketones (excluding diaryl/α,β-unsaturated/α-hetero) is 1. The largest absolute Gasteiger partial charge is 0.507 e. The standard InChI is InChI=1S/C25H28O4/c1-16(2)10-11-19-23(28-13-12-17(3)4)15-21(27)24-20(26)14-22(29-25(19)24)18-8-6-5-7-9-18/h5-10,12,15,22,27H,11,13-14H2,1-4H3. The van der Waals surface area contributed by atoms with Crippen molar-refractivity contribution < 1.29 is 19.4 Å². The number of phenolic OH excluding ortho intramolecular Hbond substituents is 1. The van der Waals surface area contributed by atoms with Gasteiger partial charge in [0, 0.05) is 11.6 Å². The highest BCUT2D eigenvalue weighted by atomic mass is 16.5. The van der Waals surface area contributed by atoms with Gasteiger partial charge in [0.2, 0.25) is 0 Å². The number of benzene rings is 2. The lowest BCUT2D eigenvalue weighted by Gasteiger charge is -2.29. The van der Waals surface area contributed by atoms with Crippen LogP contribution in [0.15, 0.2) is 59.7 Å². The van der Waals surface area contributed by atoms with Crippen molar-refractivity contribution in [3.8, 4) is 17.2 Å². The average Bonchev–Trinajstić information content (AvgIpc) is 2.67. The summed E-state index contributed by atoms with van der Waals surface area (Å²) in [5, 5.41) is 10.6. The lowest BCUT2D eigenvalue weighted by molar-refractivity contribution is 0.0842. The van der Waals surface area contributed by atoms with Crippen molar-refractivity contribution in [3.05, 3.63) is 76.4 Å². The fourth-order valence-electron chi connectivity index (χ4n) is 3.30. The summed E-state index contributed by atoms with van der Waals surface area (Å²) < 4.78 is 12.2. The van der Waals surface area contributed by atoms with Crippen molar-refractivity contribution in [2.75, 3.05) is 6.61 Å². The maximum atomic E-state index is 12.9. The molecule has 0 fully saturated rings. The number of aromatic hydroxyl groups is 1. The third-order valence-corrected chi connectivity index (χ3v) is 4.85. The third kappa shape index (κ3) is 4.89. The van der Waals surface area contributed by atoms with E-state index in [2.05, 4.69) is 6.08 Å². The number of carbonyl (C=O) groups excluding carboxylic acids is 1. The summed E-state index contributed by atoms with van der Waals surface area (Å²) in [5.41, 5.74) is 4.28. The first-order valence-corrected chi connectivity index (χ1v) is 9.90. The molecule has 0 bridgehead atoms. The molecule has 4 heteroatoms. The zero-order valence-corrected chi connectivity index (χ0v) is 17.5. The van der Waals surface area contributed by atoms with Crippen molar-refractivity contribution in [2.45, 2.75) is 46.6 Å². The van der Waals surface area contributed by atoms with E-state index in [1.54, 1.807) is 0 Å². The van der Waals surface area contributed by atoms with Gasteiger partial charge in [0.05, 0.1) is 6.42 Å². The zero-order valence-electron chi connectivity index (χ0n) is 17.5. The molecule has 1 aliphatic rings. The van der Waals surface area contributed by atoms with Crippen LogP contribution in [0.25, 0.3) is 0 Å². The Morgan fingerprint density at radius 3 is 2.48 bits per heavy atom. The number of rotatable bonds is 6. The van der Waals surface area contributed by atoms with Crippen LogP contribution in [0.1, 0.15) is 61.7 Å². The van der Waals surface area contributed by atoms with Gasteiger partial charge in [-0.1, -0.05) is 47.6 Å². The molecule has 1 aliphatic heterocycles. The highest BCUT2D eigenvalue weighted by Crippen LogP contribution is 2.46. The van der Waals surface area contributed by atoms with Gasteiger partial charge in [-0.25, -0.2) is 0 Å². The molecule has 3 rings (SSSR count). The predicted molar refractivity (Wildman–Crippen MR) is 115 cm³/mol. The summed E-state index contributed by atoms with van der Waals surface area (Å²) in [6.07, 6.45) is 4.42. The van der Waals surface area contributed by atoms with Gasteiger partial charge in [-0.3, -0.25) is 4.79 Å². The van der Waals surface area contributed by atoms with E-state index in [1.807, 2.05) is 64.1 Å². The molecule has 1 unspecified atom stereocenters. The van der Waals surface area contributed by atoms with Crippen LogP contribution in [-0.4, -0.2) is 17.5 Å². The fraction of sp³-hybridized carbons (Fsp3) is 0.320. The summed E-state index contributed by atoms with van der Waals surface area (Å²) in [5.74, 6) is 0.758. The molecule has 0 radical (unpaired) electrons. The lowest BCUT2D eigenvalue weighted by Crippen LogP contribution is -2.22. The molecule has 0 amide bonds. The number of ether oxygens (including phenoxy) is 2. The fourth-order valence-corrected chi connectivity index (χ4v) is 3.30. The molecule has 2 aromatic rings. The molecule has 0 saturated carbocycles. The van der Waals surface area contributed by atoms with Gasteiger partial charge < -0.3 is 14.6 Å². The van der Waals surface area contributed by atoms with Gasteiger partial charge >= 0.3 is 0 Å². The Kier molecular flexibility index (Phi) is 6.42. The topological polar surface area (TPSA) is 55.8 Å². The third-order valence-electron chi connectivity index (χ3n) is 4.85. The molecule has 0 aromatic heterocycles. The summed E-state index contributed by atoms with van der Waals surface area (Å²) >= 11 is 0. The van der Waals surface area contributed by atoms with E-state index >= 15 is 0 Å². The smallest absolute Gasteiger partial charge is 0.174 e. The second kappa shape index (κ2) is 8.99. The molecule has 1 atom stereocenters. The molecule has 0 spiro atoms. The number of fused-ring (bicyclic) bond motifs is 1. The van der Waals surface area contributed by atoms with Crippen molar-refractivity contribution in [2.24, 2.45) is 0 Å². The minimum atomic E-state index is -0.380. The average molecular weight is 392 g/mol. The second-order valence-electron chi connectivity index (χ2n) is 7.80. The van der Waals surface area contributed by atoms with Crippen LogP contribution in [0, 0.1) is 0 Å². The Bertz CT molecular complexity index is 947. The molecule has 1 heterocycles. The molecular formula is C25H28O4. The Balaban J connectivity index is 2.07. The zero-order chi connectivity index (χ0) is 21.0. The molecule has 152 valence electrons. The minimum absolute atomic E-state index is 0.0929. The van der Waals surface area contributed by atoms with Crippen LogP contribution >= 0.6 is 0 Å². The highest BCUT2D eigenvalue weighted by Gasteiger charge is 2.33. The molecule has 0 aliphatic carbocycles. The predicted octanol–water partition coefficient (Wildman–Crippen LogP) is 5.95. The van der Waals surface area contributed by atoms with Gasteiger partial charge in [-0.15, -0.1) is 0 Å². The Morgan fingerprint density at radius 2 is 1.83 bits per heavy atom. The van der Waals surface area contributed by atoms with Crippen LogP contribution in [0.4, 0.5) is 0 Å². The van der Waals surface area contributed by atoms with E-state index in [-0.39, 0.29) is 29.6 Å². The van der Waals surface area contributed by atoms with Gasteiger partial charge in [0.15, 0.2) is 5.78 Å². The first-order chi connectivity index (χ1) is 13.9. The van der Waals surface area contributed by atoms with Crippen LogP contribution in [0.3, 0.4) is 0 Å². The van der Waals surface area contributed by atoms with Crippen molar-refractivity contribution in [3.63, 3.8) is 0 Å². The van der Waals surface area contributed by atoms with Crippen LogP contribution in [-0.2, 0) is 6.42 Å². The van der Waals surface area contributed by atoms with E-state index in [1.165, 1.54) is 6.07 Å². The maximum absolute atomic E-state index is 12.9. The SMILES string of the molecule is CC(C)=CCOc1cc(O)c2c(c1CC=C(C)C)OC(c1ccccc1)CC2=O. The van der Waals surface area contributed by atoms with Gasteiger partial charge in [-0.05, 0) is 45.8 Å². The molecule has 1 N–H and O–H groups in total. The number of allylic oxidation sites excluding steroid dienone is 3. The Labute approximate surface area is 172 Å². The second-order valence-corrected chi connectivity index (χ2v) is 7.80. The molecule has 0 saturated heterocycles. The monoisotopic (exact) mass is 392 g/mol. The van der Waals surface area contributed by atoms with E-state index < -0.39 is 0 Å². The van der Waals surface area contributed by atoms with Gasteiger partial charge in [-0.2, -0.15) is 0 Å². The first-order valence-electron chi connectivity index (χ1n) is 9.90. The number of phenols is 1. The van der Waals surface area contributed by atoms with Crippen molar-refractivity contribution in [1.29, 1.82) is 0 Å². The number of hydrogen-bond acceptors (Lipinski definition) is 4. The quantitative estimate of drug-likeness (QED) is 0.617. The summed E-state index contributed by atoms with van der Waals surface area (Å²) in [7, 11) is 0. The van der Waals surface area contributed by atoms with E-state index in [9.17, 15) is 9.90 Å². The molecule has 29 heavy (non-hydrogen) atoms. The Morgan fingerprint density at radius 1 is 1.14 bits per heavy atom. The number of carbonyl (C=O) groups is 1. The molecular weight excluding hydrogens is 364 g/mol. The Hall–Kier alpha value is -3.01. The normalized spacial score (nSPS) is 15.2. The molecule has 2 aromatic carbocycles. The summed E-state index contributed by atoms with van der Waals surface area (Å²) in [4.78, 5) is 12.9. The first kappa shape index (κ1) is 20.7. The van der Waals surface area contributed by atoms with E-state index in [0.29, 0.717) is 24.5 Å². The lowest BCUT2D eigenvalue weighted by atomic mass is 9.92. The number of ketones is 1. The maximum Gasteiger partial charge on any atom is 0.174 e. The van der Waals surface area contributed by atoms with Crippen molar-refractivity contribution in [1.82, 2.24) is 0 Å². The van der Waals surface area contributed by atoms with E-state index in [0.717, 1.165) is 22.3 Å². The van der Waals surface area contributed by atoms with Crippen LogP contribution in [0.5, 0.6) is 17.2 Å². The number of hydrogen-bond donors (Lipinski definition) is 1. The van der Waals surface area contributed by atoms with Crippen molar-refractivity contribution >= 4 is 5.78 Å². The van der Waals surface area contributed by atoms with E-state index in [4.69, 9.17) is 9.47 Å². The highest BCUT2D eigenvalue weighted by molar-refractivity contribution is 6.03. The van der Waals surface area contributed by atoms with Gasteiger partial charge in [0.25, 0.3) is 0 Å². The van der Waals surface area contributed by atoms with Crippen LogP contribution < -0.4 is 9.47 Å². The van der Waals surface area contributed by atoms with Crippen LogP contribution in [0.2, 0.25) is 0 Å². The minimum Gasteiger partial charge on any atom is -0.507 e. The summed E-state index contributed by atoms with van der Waals surface area (Å²) in [6, 6.07) is 11.2. The summed E-state index contributed by atoms with van der Waals surface area (Å²) in [6.45, 7) is 8.44.